The molecule has 0 aromatic carbocycles. The van der Waals surface area contributed by atoms with Crippen LogP contribution in [0.2, 0.25) is 0 Å². The molecule has 0 aliphatic heterocycles. The van der Waals surface area contributed by atoms with Crippen LogP contribution in [0.3, 0.4) is 0 Å². The molecule has 7 nitrogen and oxygen atoms in total. The molecule has 23 heavy (non-hydrogen) atoms. The van der Waals surface area contributed by atoms with Crippen molar-refractivity contribution in [1.29, 1.82) is 0 Å². The Bertz CT molecular complexity index is 439. The van der Waals surface area contributed by atoms with E-state index < -0.39 is 23.3 Å². The molecular formula is C16H24O7. The molecule has 1 saturated carbocycles. The third-order valence-electron chi connectivity index (χ3n) is 4.28. The van der Waals surface area contributed by atoms with E-state index in [-0.39, 0.29) is 50.7 Å². The number of ether oxygens (including phenoxy) is 3. The fourth-order valence-corrected chi connectivity index (χ4v) is 3.20. The van der Waals surface area contributed by atoms with Crippen molar-refractivity contribution in [3.63, 3.8) is 0 Å². The van der Waals surface area contributed by atoms with E-state index in [0.29, 0.717) is 0 Å². The Morgan fingerprint density at radius 1 is 1.04 bits per heavy atom. The molecule has 0 bridgehead atoms. The molecule has 0 spiro atoms. The maximum absolute atomic E-state index is 12.4. The monoisotopic (exact) mass is 328 g/mol. The zero-order chi connectivity index (χ0) is 17.5. The van der Waals surface area contributed by atoms with Gasteiger partial charge in [0.05, 0.1) is 20.3 Å². The second-order valence-electron chi connectivity index (χ2n) is 5.63. The molecule has 1 aliphatic rings. The first kappa shape index (κ1) is 19.1. The molecule has 2 unspecified atom stereocenters. The summed E-state index contributed by atoms with van der Waals surface area (Å²) in [6.45, 7) is 3.58. The highest BCUT2D eigenvalue weighted by Crippen LogP contribution is 2.50. The van der Waals surface area contributed by atoms with Gasteiger partial charge in [0.2, 0.25) is 0 Å². The molecule has 1 aliphatic carbocycles. The van der Waals surface area contributed by atoms with Gasteiger partial charge in [-0.05, 0) is 38.5 Å². The predicted molar refractivity (Wildman–Crippen MR) is 79.2 cm³/mol. The first-order valence-corrected chi connectivity index (χ1v) is 7.80. The number of aldehydes is 1. The van der Waals surface area contributed by atoms with Gasteiger partial charge in [-0.15, -0.1) is 0 Å². The highest BCUT2D eigenvalue weighted by molar-refractivity contribution is 6.00. The molecule has 7 heteroatoms. The normalized spacial score (nSPS) is 22.2. The van der Waals surface area contributed by atoms with Crippen molar-refractivity contribution in [2.24, 2.45) is 17.3 Å². The molecule has 0 aromatic rings. The summed E-state index contributed by atoms with van der Waals surface area (Å²) in [7, 11) is 1.27. The Morgan fingerprint density at radius 3 is 2.00 bits per heavy atom. The van der Waals surface area contributed by atoms with Crippen LogP contribution in [0.4, 0.5) is 0 Å². The number of carbonyl (C=O) groups excluding carboxylic acids is 4. The topological polar surface area (TPSA) is 96.0 Å². The highest BCUT2D eigenvalue weighted by atomic mass is 16.6. The number of rotatable bonds is 8. The van der Waals surface area contributed by atoms with Crippen molar-refractivity contribution >= 4 is 24.2 Å². The van der Waals surface area contributed by atoms with Crippen molar-refractivity contribution in [1.82, 2.24) is 0 Å². The lowest BCUT2D eigenvalue weighted by Gasteiger charge is -2.24. The van der Waals surface area contributed by atoms with E-state index >= 15 is 0 Å². The number of hydrogen-bond donors (Lipinski definition) is 0. The van der Waals surface area contributed by atoms with Gasteiger partial charge < -0.3 is 19.0 Å². The minimum absolute atomic E-state index is 0.0512. The van der Waals surface area contributed by atoms with Crippen molar-refractivity contribution < 1.29 is 33.4 Å². The second kappa shape index (κ2) is 8.64. The lowest BCUT2D eigenvalue weighted by molar-refractivity contribution is -0.172. The van der Waals surface area contributed by atoms with Crippen LogP contribution in [-0.2, 0) is 33.4 Å². The van der Waals surface area contributed by atoms with E-state index in [2.05, 4.69) is 4.74 Å². The van der Waals surface area contributed by atoms with Gasteiger partial charge >= 0.3 is 17.9 Å². The van der Waals surface area contributed by atoms with Crippen molar-refractivity contribution in [3.05, 3.63) is 0 Å². The summed E-state index contributed by atoms with van der Waals surface area (Å²) in [5.74, 6) is -2.31. The second-order valence-corrected chi connectivity index (χ2v) is 5.63. The quantitative estimate of drug-likeness (QED) is 0.286. The van der Waals surface area contributed by atoms with Gasteiger partial charge in [-0.3, -0.25) is 14.4 Å². The summed E-state index contributed by atoms with van der Waals surface area (Å²) in [5.41, 5.74) is -1.45. The van der Waals surface area contributed by atoms with Crippen LogP contribution in [0.1, 0.15) is 39.5 Å². The Kier molecular flexibility index (Phi) is 7.19. The standard InChI is InChI=1S/C16H24O7/c1-4-22-14(19)16(15(20)23-5-2)9-11(6-7-17)12(10-16)8-13(18)21-3/h7,11-12H,4-6,8-10H2,1-3H3. The summed E-state index contributed by atoms with van der Waals surface area (Å²) in [6.07, 6.45) is 1.22. The maximum atomic E-state index is 12.4. The Hall–Kier alpha value is -1.92. The van der Waals surface area contributed by atoms with Crippen molar-refractivity contribution in [3.8, 4) is 0 Å². The third-order valence-corrected chi connectivity index (χ3v) is 4.28. The van der Waals surface area contributed by atoms with Gasteiger partial charge in [0, 0.05) is 12.8 Å². The summed E-state index contributed by atoms with van der Waals surface area (Å²) >= 11 is 0. The van der Waals surface area contributed by atoms with E-state index in [1.54, 1.807) is 13.8 Å². The van der Waals surface area contributed by atoms with Gasteiger partial charge in [0.25, 0.3) is 0 Å². The molecule has 2 atom stereocenters. The summed E-state index contributed by atoms with van der Waals surface area (Å²) in [5, 5.41) is 0. The lowest BCUT2D eigenvalue weighted by atomic mass is 9.84. The van der Waals surface area contributed by atoms with Gasteiger partial charge in [-0.2, -0.15) is 0 Å². The third kappa shape index (κ3) is 4.30. The molecular weight excluding hydrogens is 304 g/mol. The Labute approximate surface area is 135 Å². The number of carbonyl (C=O) groups is 4. The predicted octanol–water partition coefficient (Wildman–Crippen LogP) is 1.28. The molecule has 0 saturated heterocycles. The van der Waals surface area contributed by atoms with E-state index in [9.17, 15) is 19.2 Å². The minimum atomic E-state index is -1.45. The number of hydrogen-bond acceptors (Lipinski definition) is 7. The molecule has 130 valence electrons. The van der Waals surface area contributed by atoms with Gasteiger partial charge in [0.1, 0.15) is 6.29 Å². The molecule has 1 rings (SSSR count). The number of methoxy groups -OCH3 is 1. The SMILES string of the molecule is CCOC(=O)C1(C(=O)OCC)CC(CC=O)C(CC(=O)OC)C1. The first-order valence-electron chi connectivity index (χ1n) is 7.80. The molecule has 0 radical (unpaired) electrons. The van der Waals surface area contributed by atoms with Crippen LogP contribution in [0.5, 0.6) is 0 Å². The molecule has 1 fully saturated rings. The molecule has 0 amide bonds. The van der Waals surface area contributed by atoms with Crippen LogP contribution < -0.4 is 0 Å². The van der Waals surface area contributed by atoms with Gasteiger partial charge in [-0.1, -0.05) is 0 Å². The van der Waals surface area contributed by atoms with Crippen LogP contribution >= 0.6 is 0 Å². The summed E-state index contributed by atoms with van der Waals surface area (Å²) in [4.78, 5) is 47.3. The smallest absolute Gasteiger partial charge is 0.323 e. The fraction of sp³-hybridized carbons (Fsp3) is 0.750. The Morgan fingerprint density at radius 2 is 1.57 bits per heavy atom. The van der Waals surface area contributed by atoms with Crippen molar-refractivity contribution in [2.45, 2.75) is 39.5 Å². The van der Waals surface area contributed by atoms with E-state index in [1.165, 1.54) is 7.11 Å². The van der Waals surface area contributed by atoms with E-state index in [4.69, 9.17) is 9.47 Å². The largest absolute Gasteiger partial charge is 0.469 e. The zero-order valence-electron chi connectivity index (χ0n) is 13.8. The number of esters is 3. The minimum Gasteiger partial charge on any atom is -0.469 e. The van der Waals surface area contributed by atoms with Crippen LogP contribution in [0, 0.1) is 17.3 Å². The van der Waals surface area contributed by atoms with Crippen LogP contribution in [-0.4, -0.2) is 44.5 Å². The molecule has 0 N–H and O–H groups in total. The average molecular weight is 328 g/mol. The Balaban J connectivity index is 3.09. The first-order chi connectivity index (χ1) is 10.9. The highest BCUT2D eigenvalue weighted by Gasteiger charge is 2.57. The van der Waals surface area contributed by atoms with Crippen LogP contribution in [0.15, 0.2) is 0 Å². The van der Waals surface area contributed by atoms with Gasteiger partial charge in [0.15, 0.2) is 5.41 Å². The molecule has 0 heterocycles. The van der Waals surface area contributed by atoms with E-state index in [0.717, 1.165) is 6.29 Å². The summed E-state index contributed by atoms with van der Waals surface area (Å²) in [6, 6.07) is 0. The van der Waals surface area contributed by atoms with E-state index in [1.807, 2.05) is 0 Å². The maximum Gasteiger partial charge on any atom is 0.323 e. The van der Waals surface area contributed by atoms with Gasteiger partial charge in [-0.25, -0.2) is 0 Å². The fourth-order valence-electron chi connectivity index (χ4n) is 3.20. The van der Waals surface area contributed by atoms with Crippen molar-refractivity contribution in [2.75, 3.05) is 20.3 Å². The zero-order valence-corrected chi connectivity index (χ0v) is 13.8. The molecule has 0 aromatic heterocycles. The van der Waals surface area contributed by atoms with Crippen LogP contribution in [0.25, 0.3) is 0 Å². The summed E-state index contributed by atoms with van der Waals surface area (Å²) < 4.78 is 14.8. The lowest BCUT2D eigenvalue weighted by Crippen LogP contribution is -2.40. The average Bonchev–Trinajstić information content (AvgIpc) is 2.88.